The minimum absolute atomic E-state index is 0.133. The predicted octanol–water partition coefficient (Wildman–Crippen LogP) is 3.90. The lowest BCUT2D eigenvalue weighted by Crippen LogP contribution is -2.47. The minimum atomic E-state index is -0.781. The zero-order valence-electron chi connectivity index (χ0n) is 15.1. The molecule has 2 atom stereocenters. The van der Waals surface area contributed by atoms with Gasteiger partial charge >= 0.3 is 6.09 Å². The van der Waals surface area contributed by atoms with Gasteiger partial charge in [-0.2, -0.15) is 0 Å². The van der Waals surface area contributed by atoms with Crippen LogP contribution < -0.4 is 10.6 Å². The first kappa shape index (κ1) is 20.0. The summed E-state index contributed by atoms with van der Waals surface area (Å²) in [6, 6.07) is 17.7. The molecule has 2 rings (SSSR count). The smallest absolute Gasteiger partial charge is 0.408 e. The van der Waals surface area contributed by atoms with Gasteiger partial charge in [-0.3, -0.25) is 4.79 Å². The topological polar surface area (TPSA) is 67.4 Å². The molecule has 0 spiro atoms. The van der Waals surface area contributed by atoms with Gasteiger partial charge in [-0.25, -0.2) is 4.79 Å². The summed E-state index contributed by atoms with van der Waals surface area (Å²) in [4.78, 5) is 24.7. The van der Waals surface area contributed by atoms with Crippen LogP contribution in [0.3, 0.4) is 0 Å². The molecule has 0 aromatic heterocycles. The Morgan fingerprint density at radius 1 is 0.963 bits per heavy atom. The molecule has 2 aromatic rings. The van der Waals surface area contributed by atoms with Gasteiger partial charge < -0.3 is 15.4 Å². The van der Waals surface area contributed by atoms with Gasteiger partial charge in [0.25, 0.3) is 0 Å². The van der Waals surface area contributed by atoms with Crippen molar-refractivity contribution in [2.24, 2.45) is 0 Å². The monoisotopic (exact) mass is 364 g/mol. The van der Waals surface area contributed by atoms with E-state index in [4.69, 9.17) is 4.74 Å². The van der Waals surface area contributed by atoms with Gasteiger partial charge in [-0.1, -0.05) is 72.8 Å². The number of carbonyl (C=O) groups excluding carboxylic acids is 2. The highest BCUT2D eigenvalue weighted by molar-refractivity contribution is 5.86. The number of amides is 2. The first-order valence-corrected chi connectivity index (χ1v) is 8.70. The third-order valence-corrected chi connectivity index (χ3v) is 3.92. The maximum atomic E-state index is 12.6. The zero-order chi connectivity index (χ0) is 19.5. The first-order valence-electron chi connectivity index (χ1n) is 8.70. The molecular weight excluding hydrogens is 340 g/mol. The van der Waals surface area contributed by atoms with Crippen molar-refractivity contribution < 1.29 is 14.3 Å². The van der Waals surface area contributed by atoms with Crippen LogP contribution in [0.4, 0.5) is 4.79 Å². The lowest BCUT2D eigenvalue weighted by Gasteiger charge is -2.21. The molecule has 27 heavy (non-hydrogen) atoms. The molecule has 0 saturated carbocycles. The van der Waals surface area contributed by atoms with Crippen LogP contribution in [0.5, 0.6) is 0 Å². The zero-order valence-corrected chi connectivity index (χ0v) is 15.1. The van der Waals surface area contributed by atoms with Gasteiger partial charge in [-0.15, -0.1) is 13.2 Å². The summed E-state index contributed by atoms with van der Waals surface area (Å²) < 4.78 is 5.19. The van der Waals surface area contributed by atoms with Gasteiger partial charge in [0.15, 0.2) is 0 Å². The fourth-order valence-electron chi connectivity index (χ4n) is 2.50. The van der Waals surface area contributed by atoms with Crippen LogP contribution in [-0.2, 0) is 16.1 Å². The Kier molecular flexibility index (Phi) is 7.85. The first-order chi connectivity index (χ1) is 13.1. The summed E-state index contributed by atoms with van der Waals surface area (Å²) in [6.45, 7) is 7.56. The average molecular weight is 364 g/mol. The molecule has 0 aliphatic rings. The number of alkyl carbamates (subject to hydrolysis) is 1. The van der Waals surface area contributed by atoms with Crippen LogP contribution in [0.1, 0.15) is 23.6 Å². The van der Waals surface area contributed by atoms with E-state index in [1.54, 1.807) is 12.2 Å². The van der Waals surface area contributed by atoms with Crippen molar-refractivity contribution in [3.63, 3.8) is 0 Å². The summed E-state index contributed by atoms with van der Waals surface area (Å²) in [5, 5.41) is 5.46. The van der Waals surface area contributed by atoms with E-state index in [1.165, 1.54) is 0 Å². The number of carbonyl (C=O) groups is 2. The molecule has 0 aliphatic carbocycles. The van der Waals surface area contributed by atoms with Crippen molar-refractivity contribution in [3.8, 4) is 0 Å². The summed E-state index contributed by atoms with van der Waals surface area (Å²) in [7, 11) is 0. The average Bonchev–Trinajstić information content (AvgIpc) is 2.71. The lowest BCUT2D eigenvalue weighted by molar-refractivity contribution is -0.123. The number of hydrogen-bond acceptors (Lipinski definition) is 3. The summed E-state index contributed by atoms with van der Waals surface area (Å²) in [5.41, 5.74) is 1.78. The van der Waals surface area contributed by atoms with E-state index >= 15 is 0 Å². The molecule has 5 nitrogen and oxygen atoms in total. The molecule has 2 aromatic carbocycles. The number of hydrogen-bond donors (Lipinski definition) is 2. The maximum Gasteiger partial charge on any atom is 0.408 e. The van der Waals surface area contributed by atoms with E-state index in [1.807, 2.05) is 60.7 Å². The Hall–Kier alpha value is -3.34. The van der Waals surface area contributed by atoms with Crippen molar-refractivity contribution >= 4 is 12.0 Å². The lowest BCUT2D eigenvalue weighted by atomic mass is 10.1. The van der Waals surface area contributed by atoms with Crippen LogP contribution in [0.15, 0.2) is 86.0 Å². The van der Waals surface area contributed by atoms with E-state index in [-0.39, 0.29) is 25.0 Å². The van der Waals surface area contributed by atoms with E-state index < -0.39 is 12.1 Å². The Bertz CT molecular complexity index is 760. The molecule has 2 amide bonds. The molecule has 5 heteroatoms. The quantitative estimate of drug-likeness (QED) is 0.663. The van der Waals surface area contributed by atoms with Gasteiger partial charge in [0.1, 0.15) is 12.6 Å². The van der Waals surface area contributed by atoms with Crippen molar-refractivity contribution in [2.75, 3.05) is 0 Å². The Balaban J connectivity index is 1.94. The minimum Gasteiger partial charge on any atom is -0.445 e. The second-order valence-electron chi connectivity index (χ2n) is 5.92. The molecule has 0 saturated heterocycles. The Labute approximate surface area is 159 Å². The summed E-state index contributed by atoms with van der Waals surface area (Å²) in [6.07, 6.45) is 2.85. The predicted molar refractivity (Wildman–Crippen MR) is 106 cm³/mol. The highest BCUT2D eigenvalue weighted by Crippen LogP contribution is 2.13. The molecule has 0 aliphatic heterocycles. The highest BCUT2D eigenvalue weighted by Gasteiger charge is 2.22. The van der Waals surface area contributed by atoms with Gasteiger partial charge in [0.05, 0.1) is 6.04 Å². The largest absolute Gasteiger partial charge is 0.445 e. The van der Waals surface area contributed by atoms with Gasteiger partial charge in [0, 0.05) is 0 Å². The SMILES string of the molecule is C=CC[C@@H](NC(=O)OCc1ccccc1)C(=O)NC(C=C)c1ccccc1. The standard InChI is InChI=1S/C22H24N2O3/c1-3-11-20(24-22(26)27-16-17-12-7-5-8-13-17)21(25)23-19(4-2)18-14-9-6-10-15-18/h3-10,12-15,19-20H,1-2,11,16H2,(H,23,25)(H,24,26)/t19?,20-/m1/s1. The van der Waals surface area contributed by atoms with Gasteiger partial charge in [0.2, 0.25) is 5.91 Å². The second-order valence-corrected chi connectivity index (χ2v) is 5.92. The van der Waals surface area contributed by atoms with Gasteiger partial charge in [-0.05, 0) is 17.5 Å². The Morgan fingerprint density at radius 3 is 2.19 bits per heavy atom. The molecular formula is C22H24N2O3. The summed E-state index contributed by atoms with van der Waals surface area (Å²) in [5.74, 6) is -0.333. The fourth-order valence-corrected chi connectivity index (χ4v) is 2.50. The van der Waals surface area contributed by atoms with Crippen LogP contribution >= 0.6 is 0 Å². The number of ether oxygens (including phenoxy) is 1. The van der Waals surface area contributed by atoms with Crippen molar-refractivity contribution in [3.05, 3.63) is 97.1 Å². The molecule has 140 valence electrons. The van der Waals surface area contributed by atoms with E-state index in [0.29, 0.717) is 0 Å². The molecule has 0 radical (unpaired) electrons. The molecule has 0 bridgehead atoms. The highest BCUT2D eigenvalue weighted by atomic mass is 16.5. The molecule has 0 heterocycles. The Morgan fingerprint density at radius 2 is 1.59 bits per heavy atom. The second kappa shape index (κ2) is 10.6. The fraction of sp³-hybridized carbons (Fsp3) is 0.182. The van der Waals surface area contributed by atoms with Crippen molar-refractivity contribution in [2.45, 2.75) is 25.1 Å². The van der Waals surface area contributed by atoms with Crippen molar-refractivity contribution in [1.82, 2.24) is 10.6 Å². The third kappa shape index (κ3) is 6.47. The number of benzene rings is 2. The van der Waals surface area contributed by atoms with E-state index in [2.05, 4.69) is 23.8 Å². The molecule has 1 unspecified atom stereocenters. The normalized spacial score (nSPS) is 12.3. The van der Waals surface area contributed by atoms with E-state index in [0.717, 1.165) is 11.1 Å². The van der Waals surface area contributed by atoms with Crippen LogP contribution in [0.25, 0.3) is 0 Å². The molecule has 2 N–H and O–H groups in total. The van der Waals surface area contributed by atoms with Crippen LogP contribution in [-0.4, -0.2) is 18.0 Å². The van der Waals surface area contributed by atoms with Crippen LogP contribution in [0, 0.1) is 0 Å². The van der Waals surface area contributed by atoms with Crippen molar-refractivity contribution in [1.29, 1.82) is 0 Å². The molecule has 0 fully saturated rings. The summed E-state index contributed by atoms with van der Waals surface area (Å²) >= 11 is 0. The number of nitrogens with one attached hydrogen (secondary N) is 2. The van der Waals surface area contributed by atoms with E-state index in [9.17, 15) is 9.59 Å². The third-order valence-electron chi connectivity index (χ3n) is 3.92. The van der Waals surface area contributed by atoms with Crippen LogP contribution in [0.2, 0.25) is 0 Å². The number of rotatable bonds is 9. The maximum absolute atomic E-state index is 12.6.